The molecule has 1 atom stereocenters. The molecule has 0 saturated carbocycles. The van der Waals surface area contributed by atoms with Gasteiger partial charge in [-0.2, -0.15) is 0 Å². The van der Waals surface area contributed by atoms with Crippen molar-refractivity contribution in [3.63, 3.8) is 0 Å². The van der Waals surface area contributed by atoms with E-state index >= 15 is 0 Å². The van der Waals surface area contributed by atoms with E-state index in [1.807, 2.05) is 0 Å². The summed E-state index contributed by atoms with van der Waals surface area (Å²) in [7, 11) is 1.71. The Morgan fingerprint density at radius 1 is 1.13 bits per heavy atom. The van der Waals surface area contributed by atoms with Gasteiger partial charge in [0.05, 0.1) is 17.1 Å². The molecular weight excluding hydrogens is 542 g/mol. The fraction of sp³-hybridized carbons (Fsp3) is 0.250. The molecule has 9 nitrogen and oxygen atoms in total. The lowest BCUT2D eigenvalue weighted by molar-refractivity contribution is 0.0692. The van der Waals surface area contributed by atoms with Crippen LogP contribution in [0.1, 0.15) is 32.0 Å². The molecule has 4 rings (SSSR count). The second-order valence-electron chi connectivity index (χ2n) is 8.94. The number of halogens is 1. The van der Waals surface area contributed by atoms with Crippen molar-refractivity contribution >= 4 is 46.3 Å². The predicted molar refractivity (Wildman–Crippen MR) is 151 cm³/mol. The van der Waals surface area contributed by atoms with Gasteiger partial charge in [0.1, 0.15) is 11.3 Å². The van der Waals surface area contributed by atoms with Crippen molar-refractivity contribution in [2.75, 3.05) is 18.8 Å². The summed E-state index contributed by atoms with van der Waals surface area (Å²) in [5.74, 6) is -0.574. The van der Waals surface area contributed by atoms with Gasteiger partial charge >= 0.3 is 5.97 Å². The average molecular weight is 570 g/mol. The van der Waals surface area contributed by atoms with E-state index < -0.39 is 23.4 Å². The zero-order valence-corrected chi connectivity index (χ0v) is 22.7. The fourth-order valence-corrected chi connectivity index (χ4v) is 5.07. The van der Waals surface area contributed by atoms with Crippen LogP contribution in [0, 0.1) is 0 Å². The number of carbonyl (C=O) groups is 2. The summed E-state index contributed by atoms with van der Waals surface area (Å²) in [6.45, 7) is 1.05. The van der Waals surface area contributed by atoms with Crippen molar-refractivity contribution < 1.29 is 24.2 Å². The number of aromatic nitrogens is 1. The number of thioether (sulfide) groups is 1. The number of hydrogen-bond acceptors (Lipinski definition) is 7. The smallest absolute Gasteiger partial charge is 0.336 e. The van der Waals surface area contributed by atoms with Crippen molar-refractivity contribution in [2.24, 2.45) is 7.05 Å². The number of fused-ring (bicyclic) bond motifs is 1. The van der Waals surface area contributed by atoms with Gasteiger partial charge in [-0.1, -0.05) is 35.9 Å². The second kappa shape index (κ2) is 13.0. The number of benzene rings is 2. The Kier molecular flexibility index (Phi) is 9.47. The van der Waals surface area contributed by atoms with Gasteiger partial charge in [0.25, 0.3) is 5.91 Å². The number of nitrogens with one attached hydrogen (secondary N) is 2. The molecule has 0 aliphatic heterocycles. The lowest BCUT2D eigenvalue weighted by Crippen LogP contribution is -2.30. The molecule has 1 unspecified atom stereocenters. The maximum Gasteiger partial charge on any atom is 0.336 e. The number of furan rings is 1. The average Bonchev–Trinajstić information content (AvgIpc) is 3.37. The highest BCUT2D eigenvalue weighted by molar-refractivity contribution is 7.99. The minimum absolute atomic E-state index is 0.0227. The van der Waals surface area contributed by atoms with E-state index in [0.717, 1.165) is 5.56 Å². The van der Waals surface area contributed by atoms with E-state index in [0.29, 0.717) is 52.0 Å². The van der Waals surface area contributed by atoms with Gasteiger partial charge in [-0.15, -0.1) is 11.8 Å². The SMILES string of the molecule is Cn1cc(C(=O)NCc2ccc(Cl)cc2)c(=O)c2cc(CCNCC(O)CSc3ccccc3C(=O)O)oc21. The van der Waals surface area contributed by atoms with E-state index in [1.54, 1.807) is 60.1 Å². The first-order valence-electron chi connectivity index (χ1n) is 12.2. The Hall–Kier alpha value is -3.57. The quantitative estimate of drug-likeness (QED) is 0.150. The molecule has 0 saturated heterocycles. The predicted octanol–water partition coefficient (Wildman–Crippen LogP) is 3.70. The van der Waals surface area contributed by atoms with E-state index in [2.05, 4.69) is 10.6 Å². The van der Waals surface area contributed by atoms with Crippen LogP contribution >= 0.6 is 23.4 Å². The minimum Gasteiger partial charge on any atom is -0.478 e. The third kappa shape index (κ3) is 7.30. The number of aliphatic hydroxyl groups excluding tert-OH is 1. The highest BCUT2D eigenvalue weighted by atomic mass is 35.5. The molecule has 4 N–H and O–H groups in total. The maximum absolute atomic E-state index is 13.0. The van der Waals surface area contributed by atoms with Crippen LogP contribution < -0.4 is 16.1 Å². The van der Waals surface area contributed by atoms with Gasteiger partial charge < -0.3 is 29.8 Å². The van der Waals surface area contributed by atoms with Crippen LogP contribution in [-0.4, -0.2) is 51.6 Å². The molecule has 2 aromatic heterocycles. The first-order chi connectivity index (χ1) is 18.7. The molecule has 0 radical (unpaired) electrons. The topological polar surface area (TPSA) is 134 Å². The summed E-state index contributed by atoms with van der Waals surface area (Å²) in [6.07, 6.45) is 1.24. The highest BCUT2D eigenvalue weighted by Gasteiger charge is 2.18. The minimum atomic E-state index is -1.00. The highest BCUT2D eigenvalue weighted by Crippen LogP contribution is 2.23. The van der Waals surface area contributed by atoms with Gasteiger partial charge in [0.15, 0.2) is 0 Å². The van der Waals surface area contributed by atoms with Crippen LogP contribution in [0.5, 0.6) is 0 Å². The Labute approximate surface area is 233 Å². The van der Waals surface area contributed by atoms with E-state index in [1.165, 1.54) is 24.0 Å². The molecule has 204 valence electrons. The fourth-order valence-electron chi connectivity index (χ4n) is 3.97. The lowest BCUT2D eigenvalue weighted by atomic mass is 10.1. The van der Waals surface area contributed by atoms with E-state index in [9.17, 15) is 24.6 Å². The summed E-state index contributed by atoms with van der Waals surface area (Å²) in [6, 6.07) is 15.4. The van der Waals surface area contributed by atoms with Gasteiger partial charge in [0.2, 0.25) is 11.1 Å². The Bertz CT molecular complexity index is 1530. The van der Waals surface area contributed by atoms with Crippen LogP contribution in [-0.2, 0) is 20.0 Å². The number of rotatable bonds is 12. The van der Waals surface area contributed by atoms with Crippen molar-refractivity contribution in [1.29, 1.82) is 0 Å². The van der Waals surface area contributed by atoms with E-state index in [-0.39, 0.29) is 17.7 Å². The number of pyridine rings is 1. The molecular formula is C28H28ClN3O6S. The van der Waals surface area contributed by atoms with Gasteiger partial charge in [-0.05, 0) is 35.9 Å². The summed E-state index contributed by atoms with van der Waals surface area (Å²) in [5.41, 5.74) is 1.05. The number of carboxylic acids is 1. The monoisotopic (exact) mass is 569 g/mol. The van der Waals surface area contributed by atoms with Crippen LogP contribution in [0.3, 0.4) is 0 Å². The number of aliphatic hydroxyl groups is 1. The number of nitrogens with zero attached hydrogens (tertiary/aromatic N) is 1. The molecule has 0 spiro atoms. The number of carbonyl (C=O) groups excluding carboxylic acids is 1. The Morgan fingerprint density at radius 3 is 2.62 bits per heavy atom. The molecule has 0 fully saturated rings. The Balaban J connectivity index is 1.30. The first kappa shape index (κ1) is 28.4. The van der Waals surface area contributed by atoms with Crippen LogP contribution in [0.4, 0.5) is 0 Å². The molecule has 11 heteroatoms. The maximum atomic E-state index is 13.0. The number of amides is 1. The number of aryl methyl sites for hydroxylation is 1. The summed E-state index contributed by atoms with van der Waals surface area (Å²) < 4.78 is 7.47. The van der Waals surface area contributed by atoms with Crippen molar-refractivity contribution in [3.8, 4) is 0 Å². The third-order valence-electron chi connectivity index (χ3n) is 5.98. The summed E-state index contributed by atoms with van der Waals surface area (Å²) >= 11 is 7.18. The molecule has 2 heterocycles. The molecule has 0 aliphatic carbocycles. The van der Waals surface area contributed by atoms with Crippen LogP contribution in [0.2, 0.25) is 5.02 Å². The number of carboxylic acid groups (broad SMARTS) is 1. The molecule has 1 amide bonds. The molecule has 4 aromatic rings. The van der Waals surface area contributed by atoms with Gasteiger partial charge in [-0.25, -0.2) is 4.79 Å². The molecule has 39 heavy (non-hydrogen) atoms. The zero-order chi connectivity index (χ0) is 27.9. The second-order valence-corrected chi connectivity index (χ2v) is 10.4. The number of hydrogen-bond donors (Lipinski definition) is 4. The van der Waals surface area contributed by atoms with Gasteiger partial charge in [-0.3, -0.25) is 9.59 Å². The van der Waals surface area contributed by atoms with Gasteiger partial charge in [0, 0.05) is 55.0 Å². The van der Waals surface area contributed by atoms with Crippen LogP contribution in [0.25, 0.3) is 11.1 Å². The van der Waals surface area contributed by atoms with Crippen LogP contribution in [0.15, 0.2) is 74.9 Å². The third-order valence-corrected chi connectivity index (χ3v) is 7.45. The van der Waals surface area contributed by atoms with Crippen molar-refractivity contribution in [3.05, 3.63) is 98.5 Å². The molecule has 0 aliphatic rings. The standard InChI is InChI=1S/C28H28ClN3O6S/c1-32-15-23(26(35)31-13-17-6-8-18(29)9-7-17)25(34)22-12-20(38-27(22)32)10-11-30-14-19(33)16-39-24-5-3-2-4-21(24)28(36)37/h2-9,12,15,19,30,33H,10-11,13-14,16H2,1H3,(H,31,35)(H,36,37). The largest absolute Gasteiger partial charge is 0.478 e. The van der Waals surface area contributed by atoms with E-state index in [4.69, 9.17) is 16.0 Å². The molecule has 2 aromatic carbocycles. The van der Waals surface area contributed by atoms with Crippen molar-refractivity contribution in [1.82, 2.24) is 15.2 Å². The lowest BCUT2D eigenvalue weighted by Gasteiger charge is -2.12. The zero-order valence-electron chi connectivity index (χ0n) is 21.1. The summed E-state index contributed by atoms with van der Waals surface area (Å²) in [5, 5.41) is 26.4. The summed E-state index contributed by atoms with van der Waals surface area (Å²) in [4.78, 5) is 37.7. The Morgan fingerprint density at radius 2 is 1.87 bits per heavy atom. The first-order valence-corrected chi connectivity index (χ1v) is 13.6. The normalized spacial score (nSPS) is 12.0. The number of aromatic carboxylic acids is 1. The van der Waals surface area contributed by atoms with Crippen molar-refractivity contribution in [2.45, 2.75) is 24.0 Å². The molecule has 0 bridgehead atoms.